The van der Waals surface area contributed by atoms with Crippen LogP contribution in [0.25, 0.3) is 0 Å². The first kappa shape index (κ1) is 21.1. The van der Waals surface area contributed by atoms with Crippen LogP contribution in [0.15, 0.2) is 45.7 Å². The average Bonchev–Trinajstić information content (AvgIpc) is 3.39. The Bertz CT molecular complexity index is 997. The van der Waals surface area contributed by atoms with Crippen LogP contribution in [-0.2, 0) is 16.6 Å². The molecule has 0 N–H and O–H groups in total. The third-order valence-electron chi connectivity index (χ3n) is 5.99. The Hall–Kier alpha value is -2.16. The molecule has 7 nitrogen and oxygen atoms in total. The average molecular weight is 432 g/mol. The fraction of sp³-hybridized carbons (Fsp3) is 0.500. The van der Waals surface area contributed by atoms with Crippen LogP contribution >= 0.6 is 0 Å². The zero-order chi connectivity index (χ0) is 21.3. The van der Waals surface area contributed by atoms with Gasteiger partial charge in [-0.15, -0.1) is 0 Å². The van der Waals surface area contributed by atoms with Crippen LogP contribution in [-0.4, -0.2) is 67.2 Å². The Morgan fingerprint density at radius 3 is 2.47 bits per heavy atom. The van der Waals surface area contributed by atoms with Gasteiger partial charge in [0.1, 0.15) is 10.7 Å². The van der Waals surface area contributed by atoms with Crippen LogP contribution in [0, 0.1) is 6.92 Å². The molecule has 162 valence electrons. The molecule has 1 unspecified atom stereocenters. The van der Waals surface area contributed by atoms with Gasteiger partial charge in [-0.05, 0) is 32.3 Å². The summed E-state index contributed by atoms with van der Waals surface area (Å²) in [5.41, 5.74) is 1.25. The number of hydrogen-bond donors (Lipinski definition) is 0. The summed E-state index contributed by atoms with van der Waals surface area (Å²) in [7, 11) is -3.61. The van der Waals surface area contributed by atoms with Crippen LogP contribution in [0.5, 0.6) is 0 Å². The topological polar surface area (TPSA) is 74.1 Å². The molecule has 0 saturated carbocycles. The smallest absolute Gasteiger partial charge is 0.289 e. The van der Waals surface area contributed by atoms with E-state index in [4.69, 9.17) is 4.42 Å². The van der Waals surface area contributed by atoms with Gasteiger partial charge in [0.05, 0.1) is 0 Å². The Labute approximate surface area is 178 Å². The van der Waals surface area contributed by atoms with Crippen molar-refractivity contribution in [2.45, 2.75) is 44.2 Å². The summed E-state index contributed by atoms with van der Waals surface area (Å²) in [6.07, 6.45) is 1.74. The number of aryl methyl sites for hydroxylation is 1. The van der Waals surface area contributed by atoms with Gasteiger partial charge in [0.15, 0.2) is 5.76 Å². The molecule has 1 amide bonds. The SMILES string of the molecule is Cc1oc(C(=O)N2CCN(Cc3ccccc3)CC2C)cc1S(=O)(=O)N1CCCC1. The fourth-order valence-electron chi connectivity index (χ4n) is 4.36. The lowest BCUT2D eigenvalue weighted by Gasteiger charge is -2.39. The van der Waals surface area contributed by atoms with Crippen LogP contribution in [0.1, 0.15) is 41.6 Å². The van der Waals surface area contributed by atoms with E-state index in [1.165, 1.54) is 15.9 Å². The number of piperazine rings is 1. The molecule has 0 radical (unpaired) electrons. The molecule has 1 atom stereocenters. The first-order chi connectivity index (χ1) is 14.4. The van der Waals surface area contributed by atoms with Gasteiger partial charge in [0.25, 0.3) is 5.91 Å². The van der Waals surface area contributed by atoms with Gasteiger partial charge in [-0.1, -0.05) is 30.3 Å². The molecule has 0 aliphatic carbocycles. The molecule has 1 aromatic carbocycles. The van der Waals surface area contributed by atoms with E-state index in [0.29, 0.717) is 19.6 Å². The van der Waals surface area contributed by atoms with Crippen LogP contribution in [0.3, 0.4) is 0 Å². The predicted octanol–water partition coefficient (Wildman–Crippen LogP) is 2.72. The van der Waals surface area contributed by atoms with Crippen molar-refractivity contribution in [2.75, 3.05) is 32.7 Å². The maximum Gasteiger partial charge on any atom is 0.289 e. The number of hydrogen-bond acceptors (Lipinski definition) is 5. The first-order valence-electron chi connectivity index (χ1n) is 10.5. The zero-order valence-electron chi connectivity index (χ0n) is 17.6. The molecule has 8 heteroatoms. The number of amides is 1. The van der Waals surface area contributed by atoms with Gasteiger partial charge < -0.3 is 9.32 Å². The molecule has 2 aromatic rings. The second-order valence-electron chi connectivity index (χ2n) is 8.21. The molecule has 0 spiro atoms. The molecule has 1 aromatic heterocycles. The number of benzene rings is 1. The minimum absolute atomic E-state index is 0.0130. The van der Waals surface area contributed by atoms with Crippen molar-refractivity contribution in [3.8, 4) is 0 Å². The third kappa shape index (κ3) is 4.17. The number of furan rings is 1. The van der Waals surface area contributed by atoms with Crippen molar-refractivity contribution < 1.29 is 17.6 Å². The molecular weight excluding hydrogens is 402 g/mol. The Morgan fingerprint density at radius 2 is 1.80 bits per heavy atom. The van der Waals surface area contributed by atoms with E-state index in [-0.39, 0.29) is 28.4 Å². The predicted molar refractivity (Wildman–Crippen MR) is 114 cm³/mol. The van der Waals surface area contributed by atoms with E-state index >= 15 is 0 Å². The van der Waals surface area contributed by atoms with Crippen molar-refractivity contribution in [2.24, 2.45) is 0 Å². The lowest BCUT2D eigenvalue weighted by atomic mass is 10.1. The first-order valence-corrected chi connectivity index (χ1v) is 12.0. The summed E-state index contributed by atoms with van der Waals surface area (Å²) in [6.45, 7) is 7.65. The quantitative estimate of drug-likeness (QED) is 0.728. The highest BCUT2D eigenvalue weighted by molar-refractivity contribution is 7.89. The van der Waals surface area contributed by atoms with Gasteiger partial charge in [0.2, 0.25) is 10.0 Å². The normalized spacial score (nSPS) is 21.3. The van der Waals surface area contributed by atoms with E-state index in [0.717, 1.165) is 32.5 Å². The number of carbonyl (C=O) groups excluding carboxylic acids is 1. The lowest BCUT2D eigenvalue weighted by molar-refractivity contribution is 0.0445. The zero-order valence-corrected chi connectivity index (χ0v) is 18.4. The van der Waals surface area contributed by atoms with Gasteiger partial charge >= 0.3 is 0 Å². The molecule has 30 heavy (non-hydrogen) atoms. The second-order valence-corrected chi connectivity index (χ2v) is 10.1. The highest BCUT2D eigenvalue weighted by Gasteiger charge is 2.34. The molecule has 3 heterocycles. The number of sulfonamides is 1. The summed E-state index contributed by atoms with van der Waals surface area (Å²) in [4.78, 5) is 17.3. The summed E-state index contributed by atoms with van der Waals surface area (Å²) >= 11 is 0. The summed E-state index contributed by atoms with van der Waals surface area (Å²) in [5, 5.41) is 0. The van der Waals surface area contributed by atoms with Gasteiger partial charge in [-0.3, -0.25) is 9.69 Å². The van der Waals surface area contributed by atoms with Gasteiger partial charge in [-0.25, -0.2) is 8.42 Å². The molecule has 4 rings (SSSR count). The third-order valence-corrected chi connectivity index (χ3v) is 7.99. The van der Waals surface area contributed by atoms with Crippen LogP contribution in [0.2, 0.25) is 0 Å². The van der Waals surface area contributed by atoms with E-state index in [1.807, 2.05) is 25.1 Å². The van der Waals surface area contributed by atoms with Crippen molar-refractivity contribution in [3.05, 3.63) is 53.5 Å². The number of carbonyl (C=O) groups is 1. The maximum atomic E-state index is 13.1. The summed E-state index contributed by atoms with van der Waals surface area (Å²) in [5.74, 6) is 0.141. The molecule has 0 bridgehead atoms. The Morgan fingerprint density at radius 1 is 1.10 bits per heavy atom. The maximum absolute atomic E-state index is 13.1. The molecule has 2 fully saturated rings. The van der Waals surface area contributed by atoms with Gasteiger partial charge in [-0.2, -0.15) is 4.31 Å². The highest BCUT2D eigenvalue weighted by atomic mass is 32.2. The van der Waals surface area contributed by atoms with E-state index in [1.54, 1.807) is 11.8 Å². The summed E-state index contributed by atoms with van der Waals surface area (Å²) < 4.78 is 32.9. The van der Waals surface area contributed by atoms with Crippen molar-refractivity contribution >= 4 is 15.9 Å². The van der Waals surface area contributed by atoms with Gasteiger partial charge in [0, 0.05) is 51.4 Å². The minimum Gasteiger partial charge on any atom is -0.455 e. The Kier molecular flexibility index (Phi) is 5.99. The standard InChI is InChI=1S/C22H29N3O4S/c1-17-15-23(16-19-8-4-3-5-9-19)12-13-25(17)22(26)20-14-21(18(2)29-20)30(27,28)24-10-6-7-11-24/h3-5,8-9,14,17H,6-7,10-13,15-16H2,1-2H3. The lowest BCUT2D eigenvalue weighted by Crippen LogP contribution is -2.53. The fourth-order valence-corrected chi connectivity index (χ4v) is 6.03. The molecule has 2 aliphatic rings. The van der Waals surface area contributed by atoms with Crippen LogP contribution < -0.4 is 0 Å². The van der Waals surface area contributed by atoms with Crippen molar-refractivity contribution in [1.82, 2.24) is 14.1 Å². The van der Waals surface area contributed by atoms with Crippen molar-refractivity contribution in [1.29, 1.82) is 0 Å². The second kappa shape index (κ2) is 8.53. The number of nitrogens with zero attached hydrogens (tertiary/aromatic N) is 3. The van der Waals surface area contributed by atoms with Crippen molar-refractivity contribution in [3.63, 3.8) is 0 Å². The minimum atomic E-state index is -3.61. The molecular formula is C22H29N3O4S. The van der Waals surface area contributed by atoms with E-state index in [2.05, 4.69) is 17.0 Å². The van der Waals surface area contributed by atoms with E-state index < -0.39 is 10.0 Å². The highest BCUT2D eigenvalue weighted by Crippen LogP contribution is 2.27. The number of rotatable bonds is 5. The monoisotopic (exact) mass is 431 g/mol. The van der Waals surface area contributed by atoms with Crippen LogP contribution in [0.4, 0.5) is 0 Å². The summed E-state index contributed by atoms with van der Waals surface area (Å²) in [6, 6.07) is 11.7. The largest absolute Gasteiger partial charge is 0.455 e. The van der Waals surface area contributed by atoms with E-state index in [9.17, 15) is 13.2 Å². The molecule has 2 saturated heterocycles. The molecule has 2 aliphatic heterocycles. The Balaban J connectivity index is 1.45.